The third-order valence-corrected chi connectivity index (χ3v) is 2.53. The molecule has 0 aromatic carbocycles. The highest BCUT2D eigenvalue weighted by atomic mass is 16.5. The molecular weight excluding hydrogens is 164 g/mol. The van der Waals surface area contributed by atoms with E-state index in [2.05, 4.69) is 17.1 Å². The number of unbranched alkanes of at least 4 members (excludes halogenated alkanes) is 1. The highest BCUT2D eigenvalue weighted by Gasteiger charge is 2.14. The summed E-state index contributed by atoms with van der Waals surface area (Å²) in [6, 6.07) is 0.663. The average Bonchev–Trinajstić information content (AvgIpc) is 2.13. The third-order valence-electron chi connectivity index (χ3n) is 2.53. The van der Waals surface area contributed by atoms with Gasteiger partial charge in [0.15, 0.2) is 0 Å². The van der Waals surface area contributed by atoms with E-state index < -0.39 is 0 Å². The molecule has 78 valence electrons. The lowest BCUT2D eigenvalue weighted by Crippen LogP contribution is -2.49. The molecule has 1 N–H and O–H groups in total. The van der Waals surface area contributed by atoms with Gasteiger partial charge in [-0.15, -0.1) is 0 Å². The first-order valence-corrected chi connectivity index (χ1v) is 5.27. The third kappa shape index (κ3) is 4.60. The van der Waals surface area contributed by atoms with Crippen molar-refractivity contribution in [3.63, 3.8) is 0 Å². The average molecular weight is 186 g/mol. The van der Waals surface area contributed by atoms with Gasteiger partial charge >= 0.3 is 0 Å². The largest absolute Gasteiger partial charge is 0.385 e. The number of hydrogen-bond acceptors (Lipinski definition) is 3. The van der Waals surface area contributed by atoms with Crippen molar-refractivity contribution < 1.29 is 4.74 Å². The highest BCUT2D eigenvalue weighted by molar-refractivity contribution is 4.74. The van der Waals surface area contributed by atoms with Crippen LogP contribution in [0, 0.1) is 0 Å². The van der Waals surface area contributed by atoms with Crippen molar-refractivity contribution in [1.82, 2.24) is 10.2 Å². The van der Waals surface area contributed by atoms with Gasteiger partial charge in [-0.05, 0) is 26.3 Å². The maximum absolute atomic E-state index is 5.02. The van der Waals surface area contributed by atoms with Crippen molar-refractivity contribution in [2.75, 3.05) is 39.9 Å². The van der Waals surface area contributed by atoms with Gasteiger partial charge in [0.1, 0.15) is 0 Å². The fraction of sp³-hybridized carbons (Fsp3) is 1.00. The first-order valence-electron chi connectivity index (χ1n) is 5.27. The van der Waals surface area contributed by atoms with Crippen molar-refractivity contribution in [3.8, 4) is 0 Å². The van der Waals surface area contributed by atoms with Gasteiger partial charge in [-0.3, -0.25) is 0 Å². The zero-order chi connectivity index (χ0) is 9.52. The molecule has 0 aromatic rings. The number of nitrogens with one attached hydrogen (secondary N) is 1. The Labute approximate surface area is 81.4 Å². The first kappa shape index (κ1) is 11.0. The van der Waals surface area contributed by atoms with Gasteiger partial charge in [0.05, 0.1) is 0 Å². The molecule has 3 heteroatoms. The van der Waals surface area contributed by atoms with E-state index in [0.717, 1.165) is 13.2 Å². The highest BCUT2D eigenvalue weighted by Crippen LogP contribution is 2.01. The standard InChI is InChI=1S/C10H22N2O/c1-10-9-12(7-5-11-10)6-3-4-8-13-2/h10-11H,3-9H2,1-2H3. The summed E-state index contributed by atoms with van der Waals surface area (Å²) in [6.07, 6.45) is 2.45. The Morgan fingerprint density at radius 1 is 1.46 bits per heavy atom. The summed E-state index contributed by atoms with van der Waals surface area (Å²) in [6.45, 7) is 7.94. The predicted octanol–water partition coefficient (Wildman–Crippen LogP) is 0.707. The van der Waals surface area contributed by atoms with E-state index in [-0.39, 0.29) is 0 Å². The number of hydrogen-bond donors (Lipinski definition) is 1. The summed E-state index contributed by atoms with van der Waals surface area (Å²) in [7, 11) is 1.77. The molecule has 1 heterocycles. The van der Waals surface area contributed by atoms with E-state index in [4.69, 9.17) is 4.74 Å². The van der Waals surface area contributed by atoms with Crippen LogP contribution in [0.3, 0.4) is 0 Å². The SMILES string of the molecule is COCCCCN1CCNC(C)C1. The second-order valence-corrected chi connectivity index (χ2v) is 3.86. The van der Waals surface area contributed by atoms with Crippen LogP contribution in [-0.2, 0) is 4.74 Å². The molecule has 3 nitrogen and oxygen atoms in total. The van der Waals surface area contributed by atoms with Gasteiger partial charge < -0.3 is 15.0 Å². The summed E-state index contributed by atoms with van der Waals surface area (Å²) >= 11 is 0. The fourth-order valence-corrected chi connectivity index (χ4v) is 1.80. The van der Waals surface area contributed by atoms with Crippen LogP contribution in [0.4, 0.5) is 0 Å². The molecule has 0 bridgehead atoms. The van der Waals surface area contributed by atoms with Crippen LogP contribution < -0.4 is 5.32 Å². The topological polar surface area (TPSA) is 24.5 Å². The Hall–Kier alpha value is -0.120. The second-order valence-electron chi connectivity index (χ2n) is 3.86. The van der Waals surface area contributed by atoms with Crippen LogP contribution in [0.15, 0.2) is 0 Å². The van der Waals surface area contributed by atoms with E-state index in [1.54, 1.807) is 7.11 Å². The van der Waals surface area contributed by atoms with Gasteiger partial charge in [-0.2, -0.15) is 0 Å². The monoisotopic (exact) mass is 186 g/mol. The van der Waals surface area contributed by atoms with E-state index in [1.807, 2.05) is 0 Å². The van der Waals surface area contributed by atoms with Crippen LogP contribution in [0.25, 0.3) is 0 Å². The number of methoxy groups -OCH3 is 1. The minimum Gasteiger partial charge on any atom is -0.385 e. The Kier molecular flexibility index (Phi) is 5.35. The molecule has 0 saturated carbocycles. The van der Waals surface area contributed by atoms with Gasteiger partial charge in [-0.25, -0.2) is 0 Å². The minimum absolute atomic E-state index is 0.663. The van der Waals surface area contributed by atoms with E-state index in [0.29, 0.717) is 6.04 Å². The Balaban J connectivity index is 2.00. The molecule has 0 spiro atoms. The zero-order valence-corrected chi connectivity index (χ0v) is 8.88. The summed E-state index contributed by atoms with van der Waals surface area (Å²) in [4.78, 5) is 2.54. The lowest BCUT2D eigenvalue weighted by Gasteiger charge is -2.31. The minimum atomic E-state index is 0.663. The van der Waals surface area contributed by atoms with Crippen LogP contribution in [0.1, 0.15) is 19.8 Å². The van der Waals surface area contributed by atoms with Crippen LogP contribution >= 0.6 is 0 Å². The molecule has 0 radical (unpaired) electrons. The number of ether oxygens (including phenoxy) is 1. The lowest BCUT2D eigenvalue weighted by molar-refractivity contribution is 0.172. The van der Waals surface area contributed by atoms with Gasteiger partial charge in [0, 0.05) is 39.4 Å². The summed E-state index contributed by atoms with van der Waals surface area (Å²) in [5.74, 6) is 0. The van der Waals surface area contributed by atoms with E-state index in [9.17, 15) is 0 Å². The van der Waals surface area contributed by atoms with E-state index in [1.165, 1.54) is 32.5 Å². The maximum Gasteiger partial charge on any atom is 0.0462 e. The number of nitrogens with zero attached hydrogens (tertiary/aromatic N) is 1. The van der Waals surface area contributed by atoms with Crippen molar-refractivity contribution in [1.29, 1.82) is 0 Å². The molecule has 1 rings (SSSR count). The van der Waals surface area contributed by atoms with Crippen molar-refractivity contribution in [2.45, 2.75) is 25.8 Å². The molecule has 0 amide bonds. The second kappa shape index (κ2) is 6.35. The van der Waals surface area contributed by atoms with Crippen LogP contribution in [0.5, 0.6) is 0 Å². The molecule has 1 aliphatic heterocycles. The summed E-state index contributed by atoms with van der Waals surface area (Å²) in [5.41, 5.74) is 0. The van der Waals surface area contributed by atoms with Crippen molar-refractivity contribution in [3.05, 3.63) is 0 Å². The smallest absolute Gasteiger partial charge is 0.0462 e. The zero-order valence-electron chi connectivity index (χ0n) is 8.88. The fourth-order valence-electron chi connectivity index (χ4n) is 1.80. The molecule has 1 saturated heterocycles. The first-order chi connectivity index (χ1) is 6.33. The molecule has 0 aromatic heterocycles. The predicted molar refractivity (Wildman–Crippen MR) is 55.0 cm³/mol. The maximum atomic E-state index is 5.02. The van der Waals surface area contributed by atoms with Crippen LogP contribution in [0.2, 0.25) is 0 Å². The van der Waals surface area contributed by atoms with E-state index >= 15 is 0 Å². The quantitative estimate of drug-likeness (QED) is 0.640. The molecule has 1 aliphatic rings. The molecular formula is C10H22N2O. The van der Waals surface area contributed by atoms with Gasteiger partial charge in [-0.1, -0.05) is 0 Å². The van der Waals surface area contributed by atoms with Gasteiger partial charge in [0.2, 0.25) is 0 Å². The molecule has 0 aliphatic carbocycles. The Morgan fingerprint density at radius 2 is 2.31 bits per heavy atom. The molecule has 1 atom stereocenters. The Morgan fingerprint density at radius 3 is 3.00 bits per heavy atom. The van der Waals surface area contributed by atoms with Crippen LogP contribution in [-0.4, -0.2) is 50.8 Å². The summed E-state index contributed by atoms with van der Waals surface area (Å²) in [5, 5.41) is 3.45. The Bertz CT molecular complexity index is 130. The normalized spacial score (nSPS) is 24.9. The lowest BCUT2D eigenvalue weighted by atomic mass is 10.2. The molecule has 1 unspecified atom stereocenters. The molecule has 13 heavy (non-hydrogen) atoms. The summed E-state index contributed by atoms with van der Waals surface area (Å²) < 4.78 is 5.02. The van der Waals surface area contributed by atoms with Crippen molar-refractivity contribution >= 4 is 0 Å². The number of rotatable bonds is 5. The van der Waals surface area contributed by atoms with Gasteiger partial charge in [0.25, 0.3) is 0 Å². The molecule has 1 fully saturated rings. The van der Waals surface area contributed by atoms with Crippen molar-refractivity contribution in [2.24, 2.45) is 0 Å². The number of piperazine rings is 1.